The molecule has 0 aromatic carbocycles. The van der Waals surface area contributed by atoms with Gasteiger partial charge in [0.2, 0.25) is 0 Å². The fourth-order valence-electron chi connectivity index (χ4n) is 0.411. The molecule has 0 aromatic heterocycles. The van der Waals surface area contributed by atoms with Crippen molar-refractivity contribution in [3.63, 3.8) is 0 Å². The first-order chi connectivity index (χ1) is 3.43. The van der Waals surface area contributed by atoms with E-state index in [1.807, 2.05) is 0 Å². The molecular formula is C3H8O2Si2. The van der Waals surface area contributed by atoms with E-state index in [2.05, 4.69) is 12.6 Å². The highest BCUT2D eigenvalue weighted by molar-refractivity contribution is 6.69. The monoisotopic (exact) mass is 132 g/mol. The summed E-state index contributed by atoms with van der Waals surface area (Å²) in [6.45, 7) is 2.10. The molecule has 1 aliphatic heterocycles. The van der Waals surface area contributed by atoms with Crippen LogP contribution >= 0.6 is 0 Å². The molecule has 0 atom stereocenters. The van der Waals surface area contributed by atoms with Crippen LogP contribution in [0, 0.1) is 0 Å². The molecule has 0 unspecified atom stereocenters. The normalized spacial score (nSPS) is 19.9. The lowest BCUT2D eigenvalue weighted by Gasteiger charge is -2.19. The molecule has 2 nitrogen and oxygen atoms in total. The topological polar surface area (TPSA) is 18.5 Å². The second-order valence-corrected chi connectivity index (χ2v) is 4.93. The maximum Gasteiger partial charge on any atom is 0.449 e. The molecule has 1 heterocycles. The molecule has 0 N–H and O–H groups in total. The van der Waals surface area contributed by atoms with Crippen molar-refractivity contribution in [1.82, 2.24) is 0 Å². The van der Waals surface area contributed by atoms with Gasteiger partial charge in [-0.3, -0.25) is 0 Å². The fourth-order valence-corrected chi connectivity index (χ4v) is 2.70. The first-order valence-corrected chi connectivity index (χ1v) is 4.94. The maximum absolute atomic E-state index is 5.13. The highest BCUT2D eigenvalue weighted by Crippen LogP contribution is 1.88. The number of hydrogen-bond acceptors (Lipinski definition) is 2. The van der Waals surface area contributed by atoms with E-state index >= 15 is 0 Å². The van der Waals surface area contributed by atoms with Gasteiger partial charge in [0.1, 0.15) is 0 Å². The van der Waals surface area contributed by atoms with E-state index in [9.17, 15) is 0 Å². The fraction of sp³-hybridized carbons (Fsp3) is 0.667. The minimum Gasteiger partial charge on any atom is -0.556 e. The van der Waals surface area contributed by atoms with Gasteiger partial charge in [0, 0.05) is 0 Å². The Kier molecular flexibility index (Phi) is 1.64. The quantitative estimate of drug-likeness (QED) is 0.440. The molecule has 1 saturated heterocycles. The van der Waals surface area contributed by atoms with Crippen molar-refractivity contribution in [3.05, 3.63) is 0 Å². The molecule has 0 saturated carbocycles. The summed E-state index contributed by atoms with van der Waals surface area (Å²) in [6.07, 6.45) is 1.09. The summed E-state index contributed by atoms with van der Waals surface area (Å²) >= 11 is 0. The minimum absolute atomic E-state index is 0.449. The third-order valence-electron chi connectivity index (χ3n) is 0.773. The smallest absolute Gasteiger partial charge is 0.449 e. The molecule has 0 amide bonds. The molecule has 1 aliphatic rings. The van der Waals surface area contributed by atoms with Crippen LogP contribution in [0.25, 0.3) is 0 Å². The summed E-state index contributed by atoms with van der Waals surface area (Å²) in [4.78, 5) is 0. The van der Waals surface area contributed by atoms with E-state index < -0.39 is 18.9 Å². The van der Waals surface area contributed by atoms with Crippen LogP contribution in [0.2, 0.25) is 0 Å². The molecular weight excluding hydrogens is 124 g/mol. The second kappa shape index (κ2) is 2.27. The van der Waals surface area contributed by atoms with Gasteiger partial charge in [-0.15, -0.1) is 0 Å². The summed E-state index contributed by atoms with van der Waals surface area (Å²) in [5, 5.41) is 0. The van der Waals surface area contributed by atoms with Crippen molar-refractivity contribution >= 4 is 24.6 Å². The molecule has 4 heteroatoms. The minimum atomic E-state index is -0.763. The van der Waals surface area contributed by atoms with Crippen molar-refractivity contribution in [2.75, 3.05) is 0 Å². The Morgan fingerprint density at radius 3 is 2.57 bits per heavy atom. The summed E-state index contributed by atoms with van der Waals surface area (Å²) in [6, 6.07) is 0. The molecule has 0 radical (unpaired) electrons. The van der Waals surface area contributed by atoms with E-state index in [4.69, 9.17) is 8.23 Å². The van der Waals surface area contributed by atoms with Gasteiger partial charge in [-0.1, -0.05) is 6.92 Å². The first kappa shape index (κ1) is 5.05. The molecule has 1 fully saturated rings. The Balaban J connectivity index is 2.23. The van der Waals surface area contributed by atoms with Gasteiger partial charge in [0.05, 0.1) is 0 Å². The Morgan fingerprint density at radius 2 is 2.43 bits per heavy atom. The van der Waals surface area contributed by atoms with Crippen molar-refractivity contribution in [2.24, 2.45) is 0 Å². The van der Waals surface area contributed by atoms with Crippen molar-refractivity contribution in [3.8, 4) is 0 Å². The largest absolute Gasteiger partial charge is 0.556 e. The van der Waals surface area contributed by atoms with E-state index in [0.29, 0.717) is 0 Å². The van der Waals surface area contributed by atoms with Gasteiger partial charge < -0.3 is 8.23 Å². The van der Waals surface area contributed by atoms with Gasteiger partial charge in [0.15, 0.2) is 0 Å². The zero-order chi connectivity index (χ0) is 5.11. The zero-order valence-corrected chi connectivity index (χ0v) is 6.72. The number of hydrogen-bond donors (Lipinski definition) is 0. The predicted octanol–water partition coefficient (Wildman–Crippen LogP) is -0.686. The molecule has 40 valence electrons. The standard InChI is InChI=1S/C3H8O2Si2/c1-2-3-7-4-6-5-7/h3H,2,6H2,1H3. The second-order valence-electron chi connectivity index (χ2n) is 1.34. The van der Waals surface area contributed by atoms with Crippen LogP contribution < -0.4 is 0 Å². The van der Waals surface area contributed by atoms with Crippen molar-refractivity contribution in [1.29, 1.82) is 0 Å². The van der Waals surface area contributed by atoms with Crippen LogP contribution in [-0.2, 0) is 8.23 Å². The molecule has 0 spiro atoms. The molecule has 7 heavy (non-hydrogen) atoms. The number of rotatable bonds is 1. The Labute approximate surface area is 47.0 Å². The highest BCUT2D eigenvalue weighted by atomic mass is 28.4. The zero-order valence-electron chi connectivity index (χ0n) is 4.31. The third kappa shape index (κ3) is 1.13. The summed E-state index contributed by atoms with van der Waals surface area (Å²) in [5.74, 6) is 0. The molecule has 0 aromatic rings. The van der Waals surface area contributed by atoms with Gasteiger partial charge in [0.25, 0.3) is 0 Å². The Morgan fingerprint density at radius 1 is 1.71 bits per heavy atom. The van der Waals surface area contributed by atoms with E-state index in [1.165, 1.54) is 0 Å². The maximum atomic E-state index is 5.13. The Bertz CT molecular complexity index is 84.9. The van der Waals surface area contributed by atoms with Crippen LogP contribution in [0.4, 0.5) is 0 Å². The Hall–Kier alpha value is -0.0962. The van der Waals surface area contributed by atoms with Gasteiger partial charge in [-0.25, -0.2) is 0 Å². The summed E-state index contributed by atoms with van der Waals surface area (Å²) < 4.78 is 10.3. The van der Waals surface area contributed by atoms with Crippen LogP contribution in [0.1, 0.15) is 13.3 Å². The lowest BCUT2D eigenvalue weighted by Crippen LogP contribution is -2.33. The van der Waals surface area contributed by atoms with Crippen LogP contribution in [0.15, 0.2) is 0 Å². The lowest BCUT2D eigenvalue weighted by atomic mass is 10.6. The third-order valence-corrected chi connectivity index (χ3v) is 4.73. The molecule has 0 bridgehead atoms. The average molecular weight is 132 g/mol. The summed E-state index contributed by atoms with van der Waals surface area (Å²) in [7, 11) is -1.21. The van der Waals surface area contributed by atoms with E-state index in [-0.39, 0.29) is 0 Å². The van der Waals surface area contributed by atoms with Gasteiger partial charge in [-0.05, 0) is 12.1 Å². The van der Waals surface area contributed by atoms with Crippen molar-refractivity contribution in [2.45, 2.75) is 13.3 Å². The molecule has 0 aliphatic carbocycles. The van der Waals surface area contributed by atoms with Crippen LogP contribution in [0.3, 0.4) is 0 Å². The van der Waals surface area contributed by atoms with Crippen LogP contribution in [-0.4, -0.2) is 24.6 Å². The van der Waals surface area contributed by atoms with E-state index in [1.54, 1.807) is 0 Å². The van der Waals surface area contributed by atoms with Gasteiger partial charge in [-0.2, -0.15) is 0 Å². The van der Waals surface area contributed by atoms with Crippen molar-refractivity contribution < 1.29 is 8.23 Å². The average Bonchev–Trinajstić information content (AvgIpc) is 1.55. The SMILES string of the molecule is CCC=[Si]1O[SiH2]O1. The van der Waals surface area contributed by atoms with E-state index in [0.717, 1.165) is 6.42 Å². The molecule has 1 rings (SSSR count). The van der Waals surface area contributed by atoms with Crippen LogP contribution in [0.5, 0.6) is 0 Å². The first-order valence-electron chi connectivity index (χ1n) is 2.39. The summed E-state index contributed by atoms with van der Waals surface area (Å²) in [5.41, 5.74) is 2.13. The lowest BCUT2D eigenvalue weighted by molar-refractivity contribution is 0.339. The van der Waals surface area contributed by atoms with Gasteiger partial charge >= 0.3 is 18.9 Å². The highest BCUT2D eigenvalue weighted by Gasteiger charge is 2.11. The predicted molar refractivity (Wildman–Crippen MR) is 32.8 cm³/mol.